The fourth-order valence-electron chi connectivity index (χ4n) is 2.92. The van der Waals surface area contributed by atoms with Gasteiger partial charge in [-0.05, 0) is 37.4 Å². The molecule has 7 heteroatoms. The summed E-state index contributed by atoms with van der Waals surface area (Å²) in [6.07, 6.45) is -2.37. The fraction of sp³-hybridized carbons (Fsp3) is 0.600. The Hall–Kier alpha value is -1.63. The summed E-state index contributed by atoms with van der Waals surface area (Å²) in [5.74, 6) is 1.94. The SMILES string of the molecule is FC(F)(F)CNCCC1CCN(c2ccc3c(c2)OCO3)C1. The van der Waals surface area contributed by atoms with E-state index in [1.165, 1.54) is 0 Å². The first-order valence-electron chi connectivity index (χ1n) is 7.43. The second kappa shape index (κ2) is 6.24. The van der Waals surface area contributed by atoms with Gasteiger partial charge < -0.3 is 19.7 Å². The van der Waals surface area contributed by atoms with Crippen molar-refractivity contribution < 1.29 is 22.6 Å². The summed E-state index contributed by atoms with van der Waals surface area (Å²) in [6, 6.07) is 5.86. The molecule has 1 unspecified atom stereocenters. The Morgan fingerprint density at radius 2 is 2.05 bits per heavy atom. The van der Waals surface area contributed by atoms with Gasteiger partial charge in [0.1, 0.15) is 0 Å². The van der Waals surface area contributed by atoms with Gasteiger partial charge >= 0.3 is 6.18 Å². The Bertz CT molecular complexity index is 522. The van der Waals surface area contributed by atoms with Crippen LogP contribution in [0.5, 0.6) is 11.5 Å². The number of hydrogen-bond donors (Lipinski definition) is 1. The van der Waals surface area contributed by atoms with Crippen molar-refractivity contribution in [3.05, 3.63) is 18.2 Å². The Kier molecular flexibility index (Phi) is 4.33. The number of benzene rings is 1. The average molecular weight is 316 g/mol. The van der Waals surface area contributed by atoms with Crippen LogP contribution in [-0.4, -0.2) is 39.1 Å². The standard InChI is InChI=1S/C15H19F3N2O2/c16-15(17,18)9-19-5-3-11-4-6-20(8-11)12-1-2-13-14(7-12)22-10-21-13/h1-2,7,11,19H,3-6,8-10H2. The highest BCUT2D eigenvalue weighted by atomic mass is 19.4. The van der Waals surface area contributed by atoms with Crippen LogP contribution in [0.3, 0.4) is 0 Å². The van der Waals surface area contributed by atoms with E-state index in [4.69, 9.17) is 9.47 Å². The molecular weight excluding hydrogens is 297 g/mol. The first kappa shape index (κ1) is 15.3. The summed E-state index contributed by atoms with van der Waals surface area (Å²) in [7, 11) is 0. The van der Waals surface area contributed by atoms with E-state index in [0.29, 0.717) is 12.5 Å². The molecule has 0 radical (unpaired) electrons. The molecule has 2 aliphatic heterocycles. The molecule has 1 aromatic carbocycles. The van der Waals surface area contributed by atoms with Crippen LogP contribution in [-0.2, 0) is 0 Å². The molecule has 1 N–H and O–H groups in total. The molecule has 1 fully saturated rings. The van der Waals surface area contributed by atoms with E-state index in [0.717, 1.165) is 43.1 Å². The van der Waals surface area contributed by atoms with Crippen molar-refractivity contribution in [3.63, 3.8) is 0 Å². The van der Waals surface area contributed by atoms with Gasteiger partial charge in [0.2, 0.25) is 6.79 Å². The highest BCUT2D eigenvalue weighted by Crippen LogP contribution is 2.37. The molecule has 2 heterocycles. The summed E-state index contributed by atoms with van der Waals surface area (Å²) in [5, 5.41) is 2.46. The van der Waals surface area contributed by atoms with Crippen LogP contribution in [0.4, 0.5) is 18.9 Å². The van der Waals surface area contributed by atoms with Gasteiger partial charge in [-0.1, -0.05) is 0 Å². The minimum atomic E-state index is -4.13. The van der Waals surface area contributed by atoms with Crippen molar-refractivity contribution >= 4 is 5.69 Å². The Morgan fingerprint density at radius 3 is 2.86 bits per heavy atom. The smallest absolute Gasteiger partial charge is 0.401 e. The number of fused-ring (bicyclic) bond motifs is 1. The molecule has 122 valence electrons. The maximum atomic E-state index is 12.1. The molecular formula is C15H19F3N2O2. The Balaban J connectivity index is 1.46. The molecule has 0 aliphatic carbocycles. The van der Waals surface area contributed by atoms with Gasteiger partial charge in [0.15, 0.2) is 11.5 Å². The highest BCUT2D eigenvalue weighted by Gasteiger charge is 2.27. The second-order valence-electron chi connectivity index (χ2n) is 5.72. The quantitative estimate of drug-likeness (QED) is 0.847. The number of nitrogens with one attached hydrogen (secondary N) is 1. The average Bonchev–Trinajstić information content (AvgIpc) is 3.10. The fourth-order valence-corrected chi connectivity index (χ4v) is 2.92. The third-order valence-corrected chi connectivity index (χ3v) is 4.06. The van der Waals surface area contributed by atoms with Gasteiger partial charge in [0, 0.05) is 24.8 Å². The summed E-state index contributed by atoms with van der Waals surface area (Å²) in [4.78, 5) is 2.25. The summed E-state index contributed by atoms with van der Waals surface area (Å²) < 4.78 is 46.8. The summed E-state index contributed by atoms with van der Waals surface area (Å²) in [6.45, 7) is 1.54. The molecule has 2 aliphatic rings. The molecule has 22 heavy (non-hydrogen) atoms. The number of ether oxygens (including phenoxy) is 2. The maximum absolute atomic E-state index is 12.1. The first-order chi connectivity index (χ1) is 10.5. The number of hydrogen-bond acceptors (Lipinski definition) is 4. The molecule has 3 rings (SSSR count). The lowest BCUT2D eigenvalue weighted by molar-refractivity contribution is -0.124. The Morgan fingerprint density at radius 1 is 1.23 bits per heavy atom. The summed E-state index contributed by atoms with van der Waals surface area (Å²) in [5.41, 5.74) is 1.08. The number of alkyl halides is 3. The molecule has 1 aromatic rings. The first-order valence-corrected chi connectivity index (χ1v) is 7.43. The zero-order valence-electron chi connectivity index (χ0n) is 12.2. The van der Waals surface area contributed by atoms with E-state index in [1.54, 1.807) is 0 Å². The van der Waals surface area contributed by atoms with Gasteiger partial charge in [-0.25, -0.2) is 0 Å². The van der Waals surface area contributed by atoms with Crippen LogP contribution in [0.25, 0.3) is 0 Å². The Labute approximate surface area is 127 Å². The number of nitrogens with zero attached hydrogens (tertiary/aromatic N) is 1. The lowest BCUT2D eigenvalue weighted by Crippen LogP contribution is -2.30. The van der Waals surface area contributed by atoms with Crippen molar-refractivity contribution in [2.45, 2.75) is 19.0 Å². The number of rotatable bonds is 5. The van der Waals surface area contributed by atoms with Crippen LogP contribution in [0, 0.1) is 5.92 Å². The maximum Gasteiger partial charge on any atom is 0.401 e. The van der Waals surface area contributed by atoms with Crippen LogP contribution in [0.15, 0.2) is 18.2 Å². The normalized spacial score (nSPS) is 20.7. The van der Waals surface area contributed by atoms with E-state index in [-0.39, 0.29) is 6.79 Å². The predicted molar refractivity (Wildman–Crippen MR) is 76.4 cm³/mol. The lowest BCUT2D eigenvalue weighted by Gasteiger charge is -2.19. The third-order valence-electron chi connectivity index (χ3n) is 4.06. The monoisotopic (exact) mass is 316 g/mol. The van der Waals surface area contributed by atoms with Gasteiger partial charge in [-0.2, -0.15) is 13.2 Å². The topological polar surface area (TPSA) is 33.7 Å². The van der Waals surface area contributed by atoms with E-state index in [9.17, 15) is 13.2 Å². The van der Waals surface area contributed by atoms with Crippen molar-refractivity contribution in [1.29, 1.82) is 0 Å². The van der Waals surface area contributed by atoms with Gasteiger partial charge in [-0.3, -0.25) is 0 Å². The predicted octanol–water partition coefficient (Wildman–Crippen LogP) is 2.78. The van der Waals surface area contributed by atoms with E-state index in [1.807, 2.05) is 18.2 Å². The molecule has 0 saturated carbocycles. The van der Waals surface area contributed by atoms with Crippen molar-refractivity contribution in [2.24, 2.45) is 5.92 Å². The number of anilines is 1. The second-order valence-corrected chi connectivity index (χ2v) is 5.72. The van der Waals surface area contributed by atoms with Crippen LogP contribution in [0.1, 0.15) is 12.8 Å². The van der Waals surface area contributed by atoms with Crippen molar-refractivity contribution in [3.8, 4) is 11.5 Å². The molecule has 0 spiro atoms. The van der Waals surface area contributed by atoms with Crippen LogP contribution < -0.4 is 19.7 Å². The number of halogens is 3. The van der Waals surface area contributed by atoms with E-state index in [2.05, 4.69) is 10.2 Å². The van der Waals surface area contributed by atoms with Crippen molar-refractivity contribution in [1.82, 2.24) is 5.32 Å². The van der Waals surface area contributed by atoms with E-state index < -0.39 is 12.7 Å². The van der Waals surface area contributed by atoms with Crippen LogP contribution >= 0.6 is 0 Å². The molecule has 0 aromatic heterocycles. The van der Waals surface area contributed by atoms with Gasteiger partial charge in [0.25, 0.3) is 0 Å². The molecule has 4 nitrogen and oxygen atoms in total. The molecule has 1 saturated heterocycles. The molecule has 1 atom stereocenters. The van der Waals surface area contributed by atoms with Crippen LogP contribution in [0.2, 0.25) is 0 Å². The highest BCUT2D eigenvalue weighted by molar-refractivity contribution is 5.57. The largest absolute Gasteiger partial charge is 0.454 e. The zero-order chi connectivity index (χ0) is 15.6. The van der Waals surface area contributed by atoms with Crippen molar-refractivity contribution in [2.75, 3.05) is 37.9 Å². The van der Waals surface area contributed by atoms with Gasteiger partial charge in [0.05, 0.1) is 6.54 Å². The third kappa shape index (κ3) is 3.76. The minimum absolute atomic E-state index is 0.256. The van der Waals surface area contributed by atoms with Gasteiger partial charge in [-0.15, -0.1) is 0 Å². The van der Waals surface area contributed by atoms with E-state index >= 15 is 0 Å². The molecule has 0 bridgehead atoms. The lowest BCUT2D eigenvalue weighted by atomic mass is 10.1. The zero-order valence-corrected chi connectivity index (χ0v) is 12.2. The minimum Gasteiger partial charge on any atom is -0.454 e. The molecule has 0 amide bonds. The summed E-state index contributed by atoms with van der Waals surface area (Å²) >= 11 is 0.